The van der Waals surface area contributed by atoms with Gasteiger partial charge in [0.2, 0.25) is 5.78 Å². The molecule has 114 valence electrons. The molecule has 1 atom stereocenters. The van der Waals surface area contributed by atoms with Gasteiger partial charge in [0.1, 0.15) is 0 Å². The highest BCUT2D eigenvalue weighted by molar-refractivity contribution is 5.34. The number of aromatic nitrogens is 3. The number of rotatable bonds is 2. The van der Waals surface area contributed by atoms with Crippen LogP contribution in [0.2, 0.25) is 0 Å². The van der Waals surface area contributed by atoms with Crippen LogP contribution in [0.3, 0.4) is 0 Å². The van der Waals surface area contributed by atoms with Gasteiger partial charge in [0.25, 0.3) is 0 Å². The van der Waals surface area contributed by atoms with Crippen LogP contribution in [0.15, 0.2) is 12.3 Å². The Bertz CT molecular complexity index is 662. The van der Waals surface area contributed by atoms with Crippen LogP contribution in [0.1, 0.15) is 37.9 Å². The first kappa shape index (κ1) is 14.5. The first-order chi connectivity index (χ1) is 9.82. The second-order valence-corrected chi connectivity index (χ2v) is 6.80. The molecule has 0 saturated carbocycles. The summed E-state index contributed by atoms with van der Waals surface area (Å²) in [6.07, 6.45) is 2.36. The lowest BCUT2D eigenvalue weighted by molar-refractivity contribution is -0.130. The first-order valence-corrected chi connectivity index (χ1v) is 7.55. The average Bonchev–Trinajstić information content (AvgIpc) is 2.68. The number of morpholine rings is 1. The van der Waals surface area contributed by atoms with Crippen molar-refractivity contribution in [1.29, 1.82) is 0 Å². The average molecular weight is 288 g/mol. The molecule has 0 spiro atoms. The molecule has 21 heavy (non-hydrogen) atoms. The number of nitrogens with zero attached hydrogens (tertiary/aromatic N) is 4. The highest BCUT2D eigenvalue weighted by atomic mass is 16.5. The maximum absolute atomic E-state index is 5.96. The zero-order valence-corrected chi connectivity index (χ0v) is 13.6. The Morgan fingerprint density at radius 3 is 2.81 bits per heavy atom. The third kappa shape index (κ3) is 3.09. The van der Waals surface area contributed by atoms with Gasteiger partial charge in [0.15, 0.2) is 0 Å². The molecule has 0 aliphatic carbocycles. The molecule has 1 saturated heterocycles. The summed E-state index contributed by atoms with van der Waals surface area (Å²) in [5.74, 6) is 0.795. The summed E-state index contributed by atoms with van der Waals surface area (Å²) in [6, 6.07) is 2.08. The summed E-state index contributed by atoms with van der Waals surface area (Å²) in [4.78, 5) is 11.6. The van der Waals surface area contributed by atoms with E-state index in [4.69, 9.17) is 4.74 Å². The van der Waals surface area contributed by atoms with Crippen LogP contribution in [0, 0.1) is 13.8 Å². The summed E-state index contributed by atoms with van der Waals surface area (Å²) in [6.45, 7) is 13.2. The summed E-state index contributed by atoms with van der Waals surface area (Å²) < 4.78 is 8.02. The van der Waals surface area contributed by atoms with Crippen molar-refractivity contribution in [1.82, 2.24) is 19.3 Å². The normalized spacial score (nSPS) is 22.8. The van der Waals surface area contributed by atoms with Crippen molar-refractivity contribution in [2.24, 2.45) is 0 Å². The van der Waals surface area contributed by atoms with Crippen LogP contribution in [-0.4, -0.2) is 44.1 Å². The molecular weight excluding hydrogens is 264 g/mol. The third-order valence-corrected chi connectivity index (χ3v) is 3.84. The fourth-order valence-electron chi connectivity index (χ4n) is 3.33. The van der Waals surface area contributed by atoms with E-state index < -0.39 is 0 Å². The molecular formula is C16H24N4O. The Hall–Kier alpha value is -1.46. The molecule has 0 bridgehead atoms. The quantitative estimate of drug-likeness (QED) is 0.851. The van der Waals surface area contributed by atoms with Crippen LogP contribution in [-0.2, 0) is 11.3 Å². The van der Waals surface area contributed by atoms with Gasteiger partial charge in [0, 0.05) is 37.2 Å². The maximum Gasteiger partial charge on any atom is 0.234 e. The van der Waals surface area contributed by atoms with Crippen molar-refractivity contribution < 1.29 is 4.74 Å². The van der Waals surface area contributed by atoms with E-state index >= 15 is 0 Å². The van der Waals surface area contributed by atoms with Crippen LogP contribution in [0.4, 0.5) is 0 Å². The van der Waals surface area contributed by atoms with Gasteiger partial charge in [-0.15, -0.1) is 0 Å². The highest BCUT2D eigenvalue weighted by Gasteiger charge is 2.31. The lowest BCUT2D eigenvalue weighted by Crippen LogP contribution is -2.51. The smallest absolute Gasteiger partial charge is 0.234 e. The Morgan fingerprint density at radius 2 is 2.10 bits per heavy atom. The largest absolute Gasteiger partial charge is 0.370 e. The molecule has 0 unspecified atom stereocenters. The van der Waals surface area contributed by atoms with E-state index in [9.17, 15) is 0 Å². The predicted molar refractivity (Wildman–Crippen MR) is 82.4 cm³/mol. The Kier molecular flexibility index (Phi) is 3.50. The summed E-state index contributed by atoms with van der Waals surface area (Å²) in [7, 11) is 0. The number of hydrogen-bond donors (Lipinski definition) is 0. The molecule has 0 radical (unpaired) electrons. The molecule has 2 aromatic rings. The molecule has 5 heteroatoms. The van der Waals surface area contributed by atoms with Gasteiger partial charge in [-0.1, -0.05) is 0 Å². The SMILES string of the molecule is Cc1cc(C)n2cc(CN3C[C@@H](C)OC(C)(C)C3)nc2n1. The predicted octanol–water partition coefficient (Wildman–Crippen LogP) is 2.35. The zero-order valence-electron chi connectivity index (χ0n) is 13.6. The van der Waals surface area contributed by atoms with Gasteiger partial charge in [-0.3, -0.25) is 9.30 Å². The summed E-state index contributed by atoms with van der Waals surface area (Å²) in [5, 5.41) is 0. The van der Waals surface area contributed by atoms with Gasteiger partial charge in [0.05, 0.1) is 17.4 Å². The van der Waals surface area contributed by atoms with E-state index in [1.54, 1.807) is 0 Å². The Morgan fingerprint density at radius 1 is 1.33 bits per heavy atom. The van der Waals surface area contributed by atoms with E-state index in [1.165, 1.54) is 5.69 Å². The first-order valence-electron chi connectivity index (χ1n) is 7.55. The molecule has 0 amide bonds. The van der Waals surface area contributed by atoms with Gasteiger partial charge in [-0.25, -0.2) is 9.97 Å². The van der Waals surface area contributed by atoms with E-state index in [0.29, 0.717) is 0 Å². The number of imidazole rings is 1. The Balaban J connectivity index is 1.83. The maximum atomic E-state index is 5.96. The van der Waals surface area contributed by atoms with Gasteiger partial charge in [-0.2, -0.15) is 0 Å². The fraction of sp³-hybridized carbons (Fsp3) is 0.625. The van der Waals surface area contributed by atoms with Crippen molar-refractivity contribution >= 4 is 5.78 Å². The number of fused-ring (bicyclic) bond motifs is 1. The lowest BCUT2D eigenvalue weighted by atomic mass is 10.1. The van der Waals surface area contributed by atoms with Crippen molar-refractivity contribution in [3.63, 3.8) is 0 Å². The third-order valence-electron chi connectivity index (χ3n) is 3.84. The number of aryl methyl sites for hydroxylation is 2. The highest BCUT2D eigenvalue weighted by Crippen LogP contribution is 2.22. The van der Waals surface area contributed by atoms with Crippen molar-refractivity contribution in [2.75, 3.05) is 13.1 Å². The van der Waals surface area contributed by atoms with Gasteiger partial charge < -0.3 is 4.74 Å². The zero-order chi connectivity index (χ0) is 15.2. The van der Waals surface area contributed by atoms with Crippen molar-refractivity contribution in [3.8, 4) is 0 Å². The lowest BCUT2D eigenvalue weighted by Gasteiger charge is -2.41. The van der Waals surface area contributed by atoms with Crippen molar-refractivity contribution in [2.45, 2.75) is 52.9 Å². The second-order valence-electron chi connectivity index (χ2n) is 6.80. The molecule has 1 aliphatic rings. The fourth-order valence-corrected chi connectivity index (χ4v) is 3.33. The second kappa shape index (κ2) is 5.07. The summed E-state index contributed by atoms with van der Waals surface area (Å²) in [5.41, 5.74) is 3.16. The molecule has 0 N–H and O–H groups in total. The molecule has 2 aromatic heterocycles. The minimum absolute atomic E-state index is 0.0957. The molecule has 1 fully saturated rings. The van der Waals surface area contributed by atoms with Gasteiger partial charge >= 0.3 is 0 Å². The molecule has 3 heterocycles. The van der Waals surface area contributed by atoms with Crippen molar-refractivity contribution in [3.05, 3.63) is 29.3 Å². The monoisotopic (exact) mass is 288 g/mol. The minimum Gasteiger partial charge on any atom is -0.370 e. The molecule has 0 aromatic carbocycles. The van der Waals surface area contributed by atoms with E-state index in [-0.39, 0.29) is 11.7 Å². The van der Waals surface area contributed by atoms with Gasteiger partial charge in [-0.05, 0) is 40.7 Å². The van der Waals surface area contributed by atoms with Crippen LogP contribution in [0.5, 0.6) is 0 Å². The minimum atomic E-state index is -0.0957. The van der Waals surface area contributed by atoms with E-state index in [0.717, 1.165) is 36.8 Å². The van der Waals surface area contributed by atoms with Crippen LogP contribution < -0.4 is 0 Å². The molecule has 3 rings (SSSR count). The molecule has 1 aliphatic heterocycles. The number of hydrogen-bond acceptors (Lipinski definition) is 4. The number of ether oxygens (including phenoxy) is 1. The Labute approximate surface area is 126 Å². The van der Waals surface area contributed by atoms with E-state index in [1.807, 2.05) is 6.92 Å². The topological polar surface area (TPSA) is 42.7 Å². The van der Waals surface area contributed by atoms with E-state index in [2.05, 4.69) is 59.2 Å². The van der Waals surface area contributed by atoms with Crippen LogP contribution in [0.25, 0.3) is 5.78 Å². The summed E-state index contributed by atoms with van der Waals surface area (Å²) >= 11 is 0. The molecule has 5 nitrogen and oxygen atoms in total. The van der Waals surface area contributed by atoms with Crippen LogP contribution >= 0.6 is 0 Å². The standard InChI is InChI=1S/C16H24N4O/c1-11-6-12(2)20-9-14(18-15(20)17-11)8-19-7-13(3)21-16(4,5)10-19/h6,9,13H,7-8,10H2,1-5H3/t13-/m1/s1.